The summed E-state index contributed by atoms with van der Waals surface area (Å²) < 4.78 is 10.6. The molecule has 1 aromatic carbocycles. The van der Waals surface area contributed by atoms with Crippen molar-refractivity contribution in [3.05, 3.63) is 52.5 Å². The Balaban J connectivity index is 2.43. The SMILES string of the molecule is COc1cc(C(=O)c2cc(C)oc2C)ccc1C. The van der Waals surface area contributed by atoms with Gasteiger partial charge >= 0.3 is 0 Å². The van der Waals surface area contributed by atoms with Gasteiger partial charge in [-0.25, -0.2) is 0 Å². The maximum atomic E-state index is 12.3. The standard InChI is InChI=1S/C15H16O3/c1-9-5-6-12(8-14(9)17-4)15(16)13-7-10(2)18-11(13)3/h5-8H,1-4H3. The van der Waals surface area contributed by atoms with Gasteiger partial charge in [-0.3, -0.25) is 4.79 Å². The summed E-state index contributed by atoms with van der Waals surface area (Å²) in [5.41, 5.74) is 2.23. The molecule has 0 aliphatic rings. The fourth-order valence-electron chi connectivity index (χ4n) is 1.97. The van der Waals surface area contributed by atoms with Gasteiger partial charge in [-0.15, -0.1) is 0 Å². The molecule has 0 N–H and O–H groups in total. The second-order valence-electron chi connectivity index (χ2n) is 4.34. The fraction of sp³-hybridized carbons (Fsp3) is 0.267. The van der Waals surface area contributed by atoms with E-state index in [1.54, 1.807) is 26.2 Å². The van der Waals surface area contributed by atoms with Crippen LogP contribution in [0.2, 0.25) is 0 Å². The zero-order chi connectivity index (χ0) is 13.3. The van der Waals surface area contributed by atoms with Gasteiger partial charge in [0, 0.05) is 5.56 Å². The first kappa shape index (κ1) is 12.4. The van der Waals surface area contributed by atoms with E-state index in [0.29, 0.717) is 16.9 Å². The van der Waals surface area contributed by atoms with Crippen molar-refractivity contribution in [3.8, 4) is 5.75 Å². The molecule has 3 heteroatoms. The predicted molar refractivity (Wildman–Crippen MR) is 69.3 cm³/mol. The molecule has 2 aromatic rings. The van der Waals surface area contributed by atoms with Crippen LogP contribution in [0.25, 0.3) is 0 Å². The van der Waals surface area contributed by atoms with E-state index in [1.165, 1.54) is 0 Å². The first-order valence-electron chi connectivity index (χ1n) is 5.79. The number of furan rings is 1. The fourth-order valence-corrected chi connectivity index (χ4v) is 1.97. The van der Waals surface area contributed by atoms with Crippen molar-refractivity contribution in [2.45, 2.75) is 20.8 Å². The van der Waals surface area contributed by atoms with Gasteiger partial charge in [0.1, 0.15) is 17.3 Å². The van der Waals surface area contributed by atoms with Crippen molar-refractivity contribution in [3.63, 3.8) is 0 Å². The lowest BCUT2D eigenvalue weighted by atomic mass is 10.0. The largest absolute Gasteiger partial charge is 0.496 e. The molecule has 3 nitrogen and oxygen atoms in total. The molecule has 0 aliphatic heterocycles. The summed E-state index contributed by atoms with van der Waals surface area (Å²) >= 11 is 0. The minimum atomic E-state index is -0.0392. The van der Waals surface area contributed by atoms with Crippen molar-refractivity contribution < 1.29 is 13.9 Å². The van der Waals surface area contributed by atoms with Gasteiger partial charge in [-0.2, -0.15) is 0 Å². The first-order valence-corrected chi connectivity index (χ1v) is 5.79. The summed E-state index contributed by atoms with van der Waals surface area (Å²) in [5.74, 6) is 2.08. The van der Waals surface area contributed by atoms with Crippen LogP contribution < -0.4 is 4.74 Å². The number of carbonyl (C=O) groups excluding carboxylic acids is 1. The molecule has 0 unspecified atom stereocenters. The van der Waals surface area contributed by atoms with E-state index >= 15 is 0 Å². The van der Waals surface area contributed by atoms with Crippen molar-refractivity contribution in [2.75, 3.05) is 7.11 Å². The van der Waals surface area contributed by atoms with Gasteiger partial charge in [-0.05, 0) is 38.5 Å². The Morgan fingerprint density at radius 3 is 2.44 bits per heavy atom. The molecule has 0 radical (unpaired) electrons. The average Bonchev–Trinajstić information content (AvgIpc) is 2.68. The lowest BCUT2D eigenvalue weighted by molar-refractivity contribution is 0.103. The van der Waals surface area contributed by atoms with Crippen LogP contribution in [0.5, 0.6) is 5.75 Å². The van der Waals surface area contributed by atoms with Crippen LogP contribution in [0.3, 0.4) is 0 Å². The van der Waals surface area contributed by atoms with E-state index in [4.69, 9.17) is 9.15 Å². The molecular weight excluding hydrogens is 228 g/mol. The van der Waals surface area contributed by atoms with E-state index < -0.39 is 0 Å². The number of methoxy groups -OCH3 is 1. The third-order valence-electron chi connectivity index (χ3n) is 2.96. The number of aryl methyl sites for hydroxylation is 3. The molecule has 1 heterocycles. The van der Waals surface area contributed by atoms with Crippen LogP contribution in [0.15, 0.2) is 28.7 Å². The topological polar surface area (TPSA) is 39.4 Å². The molecule has 0 bridgehead atoms. The average molecular weight is 244 g/mol. The van der Waals surface area contributed by atoms with Gasteiger partial charge in [-0.1, -0.05) is 12.1 Å². The van der Waals surface area contributed by atoms with Gasteiger partial charge in [0.25, 0.3) is 0 Å². The molecule has 0 amide bonds. The zero-order valence-corrected chi connectivity index (χ0v) is 11.0. The molecule has 1 aromatic heterocycles. The molecule has 94 valence electrons. The van der Waals surface area contributed by atoms with Crippen LogP contribution >= 0.6 is 0 Å². The Kier molecular flexibility index (Phi) is 3.24. The second-order valence-corrected chi connectivity index (χ2v) is 4.34. The van der Waals surface area contributed by atoms with E-state index in [-0.39, 0.29) is 5.78 Å². The van der Waals surface area contributed by atoms with Crippen LogP contribution in [-0.4, -0.2) is 12.9 Å². The quantitative estimate of drug-likeness (QED) is 0.776. The second kappa shape index (κ2) is 4.69. The third-order valence-corrected chi connectivity index (χ3v) is 2.96. The van der Waals surface area contributed by atoms with Crippen molar-refractivity contribution >= 4 is 5.78 Å². The number of benzene rings is 1. The highest BCUT2D eigenvalue weighted by Gasteiger charge is 2.16. The molecular formula is C15H16O3. The maximum Gasteiger partial charge on any atom is 0.196 e. The molecule has 18 heavy (non-hydrogen) atoms. The molecule has 0 atom stereocenters. The number of ether oxygens (including phenoxy) is 1. The van der Waals surface area contributed by atoms with Crippen molar-refractivity contribution in [2.24, 2.45) is 0 Å². The molecule has 0 spiro atoms. The maximum absolute atomic E-state index is 12.3. The Morgan fingerprint density at radius 1 is 1.17 bits per heavy atom. The van der Waals surface area contributed by atoms with Crippen molar-refractivity contribution in [1.29, 1.82) is 0 Å². The highest BCUT2D eigenvalue weighted by atomic mass is 16.5. The lowest BCUT2D eigenvalue weighted by Crippen LogP contribution is -2.02. The van der Waals surface area contributed by atoms with Crippen molar-refractivity contribution in [1.82, 2.24) is 0 Å². The minimum absolute atomic E-state index is 0.0392. The Morgan fingerprint density at radius 2 is 1.89 bits per heavy atom. The smallest absolute Gasteiger partial charge is 0.196 e. The number of carbonyl (C=O) groups is 1. The number of rotatable bonds is 3. The summed E-state index contributed by atoms with van der Waals surface area (Å²) in [5, 5.41) is 0. The highest BCUT2D eigenvalue weighted by Crippen LogP contribution is 2.23. The molecule has 0 aliphatic carbocycles. The third kappa shape index (κ3) is 2.16. The number of ketones is 1. The predicted octanol–water partition coefficient (Wildman–Crippen LogP) is 3.44. The number of hydrogen-bond acceptors (Lipinski definition) is 3. The van der Waals surface area contributed by atoms with Crippen LogP contribution in [0.1, 0.15) is 33.0 Å². The number of hydrogen-bond donors (Lipinski definition) is 0. The summed E-state index contributed by atoms with van der Waals surface area (Å²) in [4.78, 5) is 12.3. The van der Waals surface area contributed by atoms with Crippen LogP contribution in [0.4, 0.5) is 0 Å². The van der Waals surface area contributed by atoms with E-state index in [9.17, 15) is 4.79 Å². The Labute approximate surface area is 106 Å². The summed E-state index contributed by atoms with van der Waals surface area (Å²) in [6, 6.07) is 7.22. The summed E-state index contributed by atoms with van der Waals surface area (Å²) in [6.45, 7) is 5.57. The van der Waals surface area contributed by atoms with Crippen LogP contribution in [0, 0.1) is 20.8 Å². The Bertz CT molecular complexity index is 594. The van der Waals surface area contributed by atoms with Gasteiger partial charge in [0.15, 0.2) is 5.78 Å². The highest BCUT2D eigenvalue weighted by molar-refractivity contribution is 6.09. The zero-order valence-electron chi connectivity index (χ0n) is 11.0. The van der Waals surface area contributed by atoms with Gasteiger partial charge in [0.05, 0.1) is 12.7 Å². The Hall–Kier alpha value is -2.03. The van der Waals surface area contributed by atoms with E-state index in [1.807, 2.05) is 26.0 Å². The monoisotopic (exact) mass is 244 g/mol. The van der Waals surface area contributed by atoms with E-state index in [2.05, 4.69) is 0 Å². The minimum Gasteiger partial charge on any atom is -0.496 e. The lowest BCUT2D eigenvalue weighted by Gasteiger charge is -2.06. The summed E-state index contributed by atoms with van der Waals surface area (Å²) in [6.07, 6.45) is 0. The van der Waals surface area contributed by atoms with Gasteiger partial charge < -0.3 is 9.15 Å². The van der Waals surface area contributed by atoms with E-state index in [0.717, 1.165) is 17.1 Å². The first-order chi connectivity index (χ1) is 8.52. The molecule has 0 saturated carbocycles. The van der Waals surface area contributed by atoms with Crippen LogP contribution in [-0.2, 0) is 0 Å². The normalized spacial score (nSPS) is 10.4. The molecule has 0 fully saturated rings. The summed E-state index contributed by atoms with van der Waals surface area (Å²) in [7, 11) is 1.60. The van der Waals surface area contributed by atoms with Gasteiger partial charge in [0.2, 0.25) is 0 Å². The molecule has 2 rings (SSSR count). The molecule has 0 saturated heterocycles.